The molecule has 3 atom stereocenters. The number of thioether (sulfide) groups is 1. The van der Waals surface area contributed by atoms with Crippen molar-refractivity contribution >= 4 is 35.0 Å². The third-order valence-electron chi connectivity index (χ3n) is 7.07. The molecule has 1 aromatic heterocycles. The average molecular weight is 620 g/mol. The number of carboxylic acid groups (broad SMARTS) is 1. The molecule has 0 spiro atoms. The third-order valence-corrected chi connectivity index (χ3v) is 9.17. The average Bonchev–Trinajstić information content (AvgIpc) is 3.46. The van der Waals surface area contributed by atoms with Crippen molar-refractivity contribution in [3.63, 3.8) is 0 Å². The highest BCUT2D eigenvalue weighted by Crippen LogP contribution is 2.40. The molecule has 0 saturated carbocycles. The van der Waals surface area contributed by atoms with Crippen molar-refractivity contribution in [2.45, 2.75) is 62.2 Å². The monoisotopic (exact) mass is 619 g/mol. The number of hydrogen-bond acceptors (Lipinski definition) is 9. The van der Waals surface area contributed by atoms with Crippen LogP contribution in [-0.2, 0) is 32.2 Å². The zero-order valence-corrected chi connectivity index (χ0v) is 25.3. The lowest BCUT2D eigenvalue weighted by atomic mass is 9.97. The molecule has 0 bridgehead atoms. The summed E-state index contributed by atoms with van der Waals surface area (Å²) in [5.41, 5.74) is 5.65. The highest BCUT2D eigenvalue weighted by atomic mass is 32.2. The molecule has 43 heavy (non-hydrogen) atoms. The van der Waals surface area contributed by atoms with E-state index in [1.165, 1.54) is 0 Å². The van der Waals surface area contributed by atoms with E-state index in [1.807, 2.05) is 79.7 Å². The van der Waals surface area contributed by atoms with Gasteiger partial charge >= 0.3 is 5.97 Å². The maximum atomic E-state index is 12.1. The smallest absolute Gasteiger partial charge is 0.303 e. The minimum absolute atomic E-state index is 0.00928. The minimum Gasteiger partial charge on any atom is -0.481 e. The molecule has 4 aromatic rings. The summed E-state index contributed by atoms with van der Waals surface area (Å²) in [6, 6.07) is 23.6. The molecular formula is C32H33N3O6S2. The highest BCUT2D eigenvalue weighted by molar-refractivity contribution is 8.01. The number of aliphatic hydroxyl groups excluding tert-OH is 1. The Morgan fingerprint density at radius 1 is 0.977 bits per heavy atom. The number of aliphatic carboxylic acids is 1. The van der Waals surface area contributed by atoms with Crippen LogP contribution >= 0.6 is 23.1 Å². The number of rotatable bonds is 12. The van der Waals surface area contributed by atoms with Crippen molar-refractivity contribution in [1.29, 1.82) is 0 Å². The number of amides is 1. The molecule has 1 aliphatic heterocycles. The van der Waals surface area contributed by atoms with Crippen LogP contribution in [0.1, 0.15) is 58.9 Å². The van der Waals surface area contributed by atoms with E-state index in [9.17, 15) is 14.7 Å². The number of benzene rings is 3. The molecule has 3 N–H and O–H groups in total. The van der Waals surface area contributed by atoms with Gasteiger partial charge in [-0.1, -0.05) is 95.9 Å². The van der Waals surface area contributed by atoms with E-state index in [1.54, 1.807) is 23.1 Å². The first-order valence-electron chi connectivity index (χ1n) is 14.0. The number of aliphatic hydroxyl groups is 1. The minimum atomic E-state index is -0.996. The van der Waals surface area contributed by atoms with Crippen LogP contribution in [0, 0.1) is 6.92 Å². The number of nitrogens with one attached hydrogen (secondary N) is 1. The van der Waals surface area contributed by atoms with Crippen molar-refractivity contribution in [3.8, 4) is 11.1 Å². The van der Waals surface area contributed by atoms with Gasteiger partial charge in [0.25, 0.3) is 0 Å². The summed E-state index contributed by atoms with van der Waals surface area (Å²) >= 11 is 3.20. The fourth-order valence-electron chi connectivity index (χ4n) is 4.80. The molecule has 3 aromatic carbocycles. The first-order valence-corrected chi connectivity index (χ1v) is 15.8. The Morgan fingerprint density at radius 2 is 1.72 bits per heavy atom. The van der Waals surface area contributed by atoms with Gasteiger partial charge in [-0.05, 0) is 34.7 Å². The Labute approximate surface area is 258 Å². The molecule has 11 heteroatoms. The molecule has 0 aliphatic carbocycles. The second-order valence-corrected chi connectivity index (χ2v) is 12.6. The van der Waals surface area contributed by atoms with E-state index in [4.69, 9.17) is 14.6 Å². The summed E-state index contributed by atoms with van der Waals surface area (Å²) < 4.78 is 13.9. The van der Waals surface area contributed by atoms with Crippen LogP contribution in [0.3, 0.4) is 0 Å². The predicted molar refractivity (Wildman–Crippen MR) is 164 cm³/mol. The summed E-state index contributed by atoms with van der Waals surface area (Å²) in [4.78, 5) is 22.9. The molecule has 1 aliphatic rings. The van der Waals surface area contributed by atoms with Gasteiger partial charge in [-0.25, -0.2) is 0 Å². The van der Waals surface area contributed by atoms with Gasteiger partial charge in [-0.3, -0.25) is 9.59 Å². The summed E-state index contributed by atoms with van der Waals surface area (Å²) in [6.45, 7) is 2.23. The standard InChI is InChI=1S/C32H33N3O6S2/c1-20-34-35-32(43-20)42-19-26-16-28(23-8-6-21(18-36)7-9-23)41-31(40-26)24-12-10-22(11-13-24)27-5-3-2-4-25(27)17-33-29(37)14-15-30(38)39/h2-13,26,28,31,36H,14-19H2,1H3,(H,33,37)(H,38,39)/t26-,28+,31+/m0/s1. The van der Waals surface area contributed by atoms with E-state index in [0.717, 1.165) is 42.7 Å². The lowest BCUT2D eigenvalue weighted by molar-refractivity contribution is -0.245. The lowest BCUT2D eigenvalue weighted by Gasteiger charge is -2.36. The van der Waals surface area contributed by atoms with Crippen molar-refractivity contribution in [3.05, 3.63) is 100 Å². The Kier molecular flexibility index (Phi) is 10.6. The van der Waals surface area contributed by atoms with Gasteiger partial charge in [0, 0.05) is 30.7 Å². The largest absolute Gasteiger partial charge is 0.481 e. The van der Waals surface area contributed by atoms with Gasteiger partial charge in [0.05, 0.1) is 25.2 Å². The van der Waals surface area contributed by atoms with Crippen LogP contribution in [0.25, 0.3) is 11.1 Å². The molecule has 224 valence electrons. The normalized spacial score (nSPS) is 18.3. The SMILES string of the molecule is Cc1nnc(SC[C@@H]2C[C@H](c3ccc(CO)cc3)O[C@H](c3ccc(-c4ccccc4CNC(=O)CCC(=O)O)cc3)O2)s1. The molecule has 2 heterocycles. The zero-order valence-electron chi connectivity index (χ0n) is 23.6. The van der Waals surface area contributed by atoms with Gasteiger partial charge in [-0.15, -0.1) is 10.2 Å². The second-order valence-electron chi connectivity index (χ2n) is 10.2. The first kappa shape index (κ1) is 30.8. The number of aromatic nitrogens is 2. The zero-order chi connectivity index (χ0) is 30.2. The van der Waals surface area contributed by atoms with E-state index in [-0.39, 0.29) is 37.6 Å². The summed E-state index contributed by atoms with van der Waals surface area (Å²) in [5, 5.41) is 30.4. The van der Waals surface area contributed by atoms with Crippen LogP contribution < -0.4 is 5.32 Å². The van der Waals surface area contributed by atoms with Gasteiger partial charge in [0.15, 0.2) is 10.6 Å². The Morgan fingerprint density at radius 3 is 2.42 bits per heavy atom. The maximum Gasteiger partial charge on any atom is 0.303 e. The van der Waals surface area contributed by atoms with Crippen molar-refractivity contribution in [1.82, 2.24) is 15.5 Å². The Balaban J connectivity index is 1.31. The molecular weight excluding hydrogens is 587 g/mol. The fraction of sp³-hybridized carbons (Fsp3) is 0.312. The highest BCUT2D eigenvalue weighted by Gasteiger charge is 2.32. The molecule has 9 nitrogen and oxygen atoms in total. The third kappa shape index (κ3) is 8.49. The van der Waals surface area contributed by atoms with Gasteiger partial charge in [-0.2, -0.15) is 0 Å². The predicted octanol–water partition coefficient (Wildman–Crippen LogP) is 5.82. The molecule has 1 fully saturated rings. The van der Waals surface area contributed by atoms with E-state index < -0.39 is 12.3 Å². The van der Waals surface area contributed by atoms with Crippen LogP contribution in [-0.4, -0.2) is 44.1 Å². The van der Waals surface area contributed by atoms with E-state index >= 15 is 0 Å². The topological polar surface area (TPSA) is 131 Å². The molecule has 5 rings (SSSR count). The second kappa shape index (κ2) is 14.7. The number of nitrogens with zero attached hydrogens (tertiary/aromatic N) is 2. The van der Waals surface area contributed by atoms with E-state index in [2.05, 4.69) is 15.5 Å². The van der Waals surface area contributed by atoms with Gasteiger partial charge < -0.3 is 25.0 Å². The fourth-order valence-corrected chi connectivity index (χ4v) is 6.66. The summed E-state index contributed by atoms with van der Waals surface area (Å²) in [6.07, 6.45) is -0.408. The van der Waals surface area contributed by atoms with Crippen LogP contribution in [0.4, 0.5) is 0 Å². The van der Waals surface area contributed by atoms with Crippen LogP contribution in [0.5, 0.6) is 0 Å². The summed E-state index contributed by atoms with van der Waals surface area (Å²) in [7, 11) is 0. The Hall–Kier alpha value is -3.61. The number of carboxylic acids is 1. The molecule has 1 saturated heterocycles. The van der Waals surface area contributed by atoms with Crippen LogP contribution in [0.15, 0.2) is 77.1 Å². The number of ether oxygens (including phenoxy) is 2. The van der Waals surface area contributed by atoms with Crippen LogP contribution in [0.2, 0.25) is 0 Å². The van der Waals surface area contributed by atoms with E-state index in [0.29, 0.717) is 18.7 Å². The lowest BCUT2D eigenvalue weighted by Crippen LogP contribution is -2.31. The van der Waals surface area contributed by atoms with Crippen molar-refractivity contribution in [2.24, 2.45) is 0 Å². The number of carbonyl (C=O) groups excluding carboxylic acids is 1. The Bertz CT molecular complexity index is 1530. The summed E-state index contributed by atoms with van der Waals surface area (Å²) in [5.74, 6) is -0.582. The first-order chi connectivity index (χ1) is 20.9. The molecule has 0 unspecified atom stereocenters. The van der Waals surface area contributed by atoms with Crippen molar-refractivity contribution < 1.29 is 29.3 Å². The van der Waals surface area contributed by atoms with Gasteiger partial charge in [0.2, 0.25) is 5.91 Å². The van der Waals surface area contributed by atoms with Gasteiger partial charge in [0.1, 0.15) is 5.01 Å². The molecule has 1 amide bonds. The quantitative estimate of drug-likeness (QED) is 0.168. The number of aryl methyl sites for hydroxylation is 1. The maximum absolute atomic E-state index is 12.1. The number of carbonyl (C=O) groups is 2. The molecule has 0 radical (unpaired) electrons. The number of hydrogen-bond donors (Lipinski definition) is 3. The van der Waals surface area contributed by atoms with Crippen molar-refractivity contribution in [2.75, 3.05) is 5.75 Å².